The number of fused-ring (bicyclic) bond motifs is 1. The first-order valence-electron chi connectivity index (χ1n) is 6.49. The van der Waals surface area contributed by atoms with Crippen LogP contribution in [0.1, 0.15) is 11.3 Å². The maximum Gasteiger partial charge on any atom is 0.317 e. The molecule has 2 atom stereocenters. The number of nitrogens with zero attached hydrogens (tertiary/aromatic N) is 2. The Balaban J connectivity index is 1.52. The number of hydrogen-bond acceptors (Lipinski definition) is 3. The molecular formula is C13H19N3OS. The number of likely N-dealkylation sites (tertiary alicyclic amines) is 2. The molecule has 2 aliphatic rings. The summed E-state index contributed by atoms with van der Waals surface area (Å²) in [5.74, 6) is 0.683. The van der Waals surface area contributed by atoms with Crippen LogP contribution in [0.15, 0.2) is 17.5 Å². The van der Waals surface area contributed by atoms with Gasteiger partial charge in [0.2, 0.25) is 0 Å². The van der Waals surface area contributed by atoms with Gasteiger partial charge in [-0.1, -0.05) is 6.07 Å². The van der Waals surface area contributed by atoms with Crippen LogP contribution >= 0.6 is 11.3 Å². The van der Waals surface area contributed by atoms with E-state index in [1.807, 2.05) is 16.3 Å². The van der Waals surface area contributed by atoms with Gasteiger partial charge in [0.15, 0.2) is 0 Å². The highest BCUT2D eigenvalue weighted by Crippen LogP contribution is 2.30. The van der Waals surface area contributed by atoms with E-state index in [-0.39, 0.29) is 6.03 Å². The Kier molecular flexibility index (Phi) is 3.26. The second-order valence-corrected chi connectivity index (χ2v) is 6.27. The Hall–Kier alpha value is -1.07. The molecule has 0 aliphatic carbocycles. The van der Waals surface area contributed by atoms with Crippen LogP contribution in [-0.4, -0.2) is 48.6 Å². The molecule has 1 aromatic rings. The van der Waals surface area contributed by atoms with Gasteiger partial charge in [-0.3, -0.25) is 0 Å². The fraction of sp³-hybridized carbons (Fsp3) is 0.615. The number of carbonyl (C=O) groups is 1. The molecule has 0 saturated carbocycles. The molecule has 18 heavy (non-hydrogen) atoms. The molecule has 3 rings (SSSR count). The van der Waals surface area contributed by atoms with Crippen LogP contribution in [0.25, 0.3) is 0 Å². The Morgan fingerprint density at radius 3 is 3.17 bits per heavy atom. The van der Waals surface area contributed by atoms with Gasteiger partial charge in [0.25, 0.3) is 0 Å². The zero-order valence-corrected chi connectivity index (χ0v) is 11.4. The van der Waals surface area contributed by atoms with Crippen molar-refractivity contribution >= 4 is 17.4 Å². The van der Waals surface area contributed by atoms with Gasteiger partial charge in [0.05, 0.1) is 6.54 Å². The molecule has 1 aromatic heterocycles. The van der Waals surface area contributed by atoms with Crippen LogP contribution in [0.5, 0.6) is 0 Å². The molecule has 1 N–H and O–H groups in total. The third-order valence-electron chi connectivity index (χ3n) is 4.11. The highest BCUT2D eigenvalue weighted by molar-refractivity contribution is 7.09. The normalized spacial score (nSPS) is 27.5. The fourth-order valence-electron chi connectivity index (χ4n) is 3.03. The van der Waals surface area contributed by atoms with E-state index >= 15 is 0 Å². The van der Waals surface area contributed by atoms with Crippen molar-refractivity contribution in [2.75, 3.05) is 26.7 Å². The lowest BCUT2D eigenvalue weighted by atomic mass is 10.1. The van der Waals surface area contributed by atoms with Gasteiger partial charge in [-0.15, -0.1) is 11.3 Å². The topological polar surface area (TPSA) is 35.6 Å². The Labute approximate surface area is 112 Å². The average molecular weight is 265 g/mol. The second kappa shape index (κ2) is 4.90. The lowest BCUT2D eigenvalue weighted by molar-refractivity contribution is 0.200. The first-order chi connectivity index (χ1) is 8.74. The third-order valence-corrected chi connectivity index (χ3v) is 4.98. The van der Waals surface area contributed by atoms with Gasteiger partial charge in [0, 0.05) is 24.0 Å². The van der Waals surface area contributed by atoms with Crippen molar-refractivity contribution in [2.45, 2.75) is 19.0 Å². The number of hydrogen-bond donors (Lipinski definition) is 1. The SMILES string of the molecule is CN1CCC2CN(C(=O)NCc3cccs3)CC21. The van der Waals surface area contributed by atoms with Crippen LogP contribution in [0.3, 0.4) is 0 Å². The Morgan fingerprint density at radius 2 is 2.44 bits per heavy atom. The van der Waals surface area contributed by atoms with Gasteiger partial charge < -0.3 is 15.1 Å². The number of carbonyl (C=O) groups excluding carboxylic acids is 1. The smallest absolute Gasteiger partial charge is 0.317 e. The van der Waals surface area contributed by atoms with E-state index < -0.39 is 0 Å². The molecule has 0 spiro atoms. The summed E-state index contributed by atoms with van der Waals surface area (Å²) in [6.07, 6.45) is 1.23. The molecule has 4 nitrogen and oxygen atoms in total. The van der Waals surface area contributed by atoms with Crippen LogP contribution in [-0.2, 0) is 6.54 Å². The highest BCUT2D eigenvalue weighted by Gasteiger charge is 2.41. The lowest BCUT2D eigenvalue weighted by Crippen LogP contribution is -2.40. The summed E-state index contributed by atoms with van der Waals surface area (Å²) in [6, 6.07) is 4.74. The molecule has 98 valence electrons. The van der Waals surface area contributed by atoms with E-state index in [9.17, 15) is 4.79 Å². The number of urea groups is 1. The van der Waals surface area contributed by atoms with Crippen molar-refractivity contribution in [2.24, 2.45) is 5.92 Å². The van der Waals surface area contributed by atoms with E-state index in [1.54, 1.807) is 11.3 Å². The quantitative estimate of drug-likeness (QED) is 0.881. The molecule has 5 heteroatoms. The van der Waals surface area contributed by atoms with Crippen molar-refractivity contribution in [1.82, 2.24) is 15.1 Å². The van der Waals surface area contributed by atoms with Crippen molar-refractivity contribution in [3.8, 4) is 0 Å². The highest BCUT2D eigenvalue weighted by atomic mass is 32.1. The zero-order chi connectivity index (χ0) is 12.5. The van der Waals surface area contributed by atoms with Crippen LogP contribution in [0.4, 0.5) is 4.79 Å². The predicted molar refractivity (Wildman–Crippen MR) is 72.7 cm³/mol. The average Bonchev–Trinajstić information content (AvgIpc) is 3.05. The number of thiophene rings is 1. The van der Waals surface area contributed by atoms with Crippen molar-refractivity contribution in [1.29, 1.82) is 0 Å². The van der Waals surface area contributed by atoms with Crippen molar-refractivity contribution in [3.63, 3.8) is 0 Å². The number of nitrogens with one attached hydrogen (secondary N) is 1. The minimum atomic E-state index is 0.0891. The van der Waals surface area contributed by atoms with E-state index in [0.717, 1.165) is 13.1 Å². The third kappa shape index (κ3) is 2.24. The largest absolute Gasteiger partial charge is 0.333 e. The summed E-state index contributed by atoms with van der Waals surface area (Å²) in [5, 5.41) is 5.05. The summed E-state index contributed by atoms with van der Waals surface area (Å²) in [4.78, 5) is 17.6. The first kappa shape index (κ1) is 12.0. The minimum Gasteiger partial charge on any atom is -0.333 e. The van der Waals surface area contributed by atoms with E-state index in [2.05, 4.69) is 23.3 Å². The maximum absolute atomic E-state index is 12.1. The number of amides is 2. The molecule has 0 radical (unpaired) electrons. The van der Waals surface area contributed by atoms with E-state index in [4.69, 9.17) is 0 Å². The summed E-state index contributed by atoms with van der Waals surface area (Å²) in [6.45, 7) is 3.64. The molecule has 2 saturated heterocycles. The van der Waals surface area contributed by atoms with Crippen molar-refractivity contribution < 1.29 is 4.79 Å². The molecule has 2 fully saturated rings. The Bertz CT molecular complexity index is 420. The van der Waals surface area contributed by atoms with Gasteiger partial charge in [-0.25, -0.2) is 4.79 Å². The number of likely N-dealkylation sites (N-methyl/N-ethyl adjacent to an activating group) is 1. The molecule has 2 aliphatic heterocycles. The fourth-order valence-corrected chi connectivity index (χ4v) is 3.67. The van der Waals surface area contributed by atoms with E-state index in [1.165, 1.54) is 17.8 Å². The molecule has 3 heterocycles. The monoisotopic (exact) mass is 265 g/mol. The molecule has 0 bridgehead atoms. The van der Waals surface area contributed by atoms with E-state index in [0.29, 0.717) is 18.5 Å². The minimum absolute atomic E-state index is 0.0891. The summed E-state index contributed by atoms with van der Waals surface area (Å²) < 4.78 is 0. The molecule has 2 unspecified atom stereocenters. The van der Waals surface area contributed by atoms with Gasteiger partial charge in [-0.2, -0.15) is 0 Å². The van der Waals surface area contributed by atoms with Crippen LogP contribution < -0.4 is 5.32 Å². The second-order valence-electron chi connectivity index (χ2n) is 5.24. The van der Waals surface area contributed by atoms with Crippen molar-refractivity contribution in [3.05, 3.63) is 22.4 Å². The predicted octanol–water partition coefficient (Wildman–Crippen LogP) is 1.59. The molecule has 0 aromatic carbocycles. The Morgan fingerprint density at radius 1 is 1.56 bits per heavy atom. The van der Waals surface area contributed by atoms with Gasteiger partial charge in [0.1, 0.15) is 0 Å². The van der Waals surface area contributed by atoms with Gasteiger partial charge >= 0.3 is 6.03 Å². The standard InChI is InChI=1S/C13H19N3OS/c1-15-5-4-10-8-16(9-12(10)15)13(17)14-7-11-3-2-6-18-11/h2-3,6,10,12H,4-5,7-9H2,1H3,(H,14,17). The van der Waals surface area contributed by atoms with Crippen LogP contribution in [0, 0.1) is 5.92 Å². The summed E-state index contributed by atoms with van der Waals surface area (Å²) >= 11 is 1.68. The zero-order valence-electron chi connectivity index (χ0n) is 10.6. The number of rotatable bonds is 2. The molecular weight excluding hydrogens is 246 g/mol. The summed E-state index contributed by atoms with van der Waals surface area (Å²) in [5.41, 5.74) is 0. The summed E-state index contributed by atoms with van der Waals surface area (Å²) in [7, 11) is 2.16. The lowest BCUT2D eigenvalue weighted by Gasteiger charge is -2.20. The molecule has 2 amide bonds. The van der Waals surface area contributed by atoms with Crippen LogP contribution in [0.2, 0.25) is 0 Å². The van der Waals surface area contributed by atoms with Gasteiger partial charge in [-0.05, 0) is 37.4 Å². The first-order valence-corrected chi connectivity index (χ1v) is 7.37. The maximum atomic E-state index is 12.1.